The third kappa shape index (κ3) is 3.44. The zero-order valence-electron chi connectivity index (χ0n) is 12.5. The molecule has 0 saturated heterocycles. The lowest BCUT2D eigenvalue weighted by molar-refractivity contribution is -0.116. The molecule has 2 aromatic rings. The normalized spacial score (nSPS) is 14.4. The first-order valence-corrected chi connectivity index (χ1v) is 8.33. The number of hydrogen-bond donors (Lipinski definition) is 1. The Morgan fingerprint density at radius 1 is 1.36 bits per heavy atom. The van der Waals surface area contributed by atoms with E-state index in [1.54, 1.807) is 7.11 Å². The molecule has 3 rings (SSSR count). The molecule has 5 nitrogen and oxygen atoms in total. The monoisotopic (exact) mass is 317 g/mol. The predicted molar refractivity (Wildman–Crippen MR) is 86.4 cm³/mol. The fraction of sp³-hybridized carbons (Fsp3) is 0.438. The molecule has 1 heterocycles. The van der Waals surface area contributed by atoms with Crippen LogP contribution >= 0.6 is 11.3 Å². The van der Waals surface area contributed by atoms with Crippen LogP contribution in [0.5, 0.6) is 5.75 Å². The standard InChI is InChI=1S/C16H19N3O2S/c1-21-13-8-3-2-5-11(13)9-10-14(20)17-16-19-18-15(22-16)12-6-4-7-12/h2-3,5,8,12H,4,6-7,9-10H2,1H3,(H,17,19,20). The minimum absolute atomic E-state index is 0.0396. The number of carbonyl (C=O) groups is 1. The Labute approximate surface area is 133 Å². The van der Waals surface area contributed by atoms with E-state index in [2.05, 4.69) is 15.5 Å². The van der Waals surface area contributed by atoms with Crippen LogP contribution in [0.25, 0.3) is 0 Å². The van der Waals surface area contributed by atoms with E-state index in [1.807, 2.05) is 24.3 Å². The Balaban J connectivity index is 1.52. The molecule has 6 heteroatoms. The molecule has 0 radical (unpaired) electrons. The maximum absolute atomic E-state index is 12.0. The van der Waals surface area contributed by atoms with Gasteiger partial charge in [-0.25, -0.2) is 0 Å². The number of ether oxygens (including phenoxy) is 1. The second kappa shape index (κ2) is 6.87. The van der Waals surface area contributed by atoms with Crippen LogP contribution in [0.3, 0.4) is 0 Å². The Bertz CT molecular complexity index is 652. The van der Waals surface area contributed by atoms with Crippen molar-refractivity contribution < 1.29 is 9.53 Å². The Hall–Kier alpha value is -1.95. The Kier molecular flexibility index (Phi) is 4.68. The molecular weight excluding hydrogens is 298 g/mol. The van der Waals surface area contributed by atoms with Gasteiger partial charge in [0, 0.05) is 12.3 Å². The third-order valence-corrected chi connectivity index (χ3v) is 4.96. The molecule has 1 N–H and O–H groups in total. The van der Waals surface area contributed by atoms with E-state index >= 15 is 0 Å². The lowest BCUT2D eigenvalue weighted by atomic mass is 9.86. The number of para-hydroxylation sites is 1. The third-order valence-electron chi connectivity index (χ3n) is 3.96. The molecule has 0 bridgehead atoms. The molecule has 116 valence electrons. The van der Waals surface area contributed by atoms with Crippen LogP contribution in [-0.2, 0) is 11.2 Å². The highest BCUT2D eigenvalue weighted by molar-refractivity contribution is 7.15. The van der Waals surface area contributed by atoms with E-state index < -0.39 is 0 Å². The number of hydrogen-bond acceptors (Lipinski definition) is 5. The highest BCUT2D eigenvalue weighted by Gasteiger charge is 2.23. The van der Waals surface area contributed by atoms with Gasteiger partial charge >= 0.3 is 0 Å². The molecule has 1 fully saturated rings. The maximum Gasteiger partial charge on any atom is 0.226 e. The number of amides is 1. The van der Waals surface area contributed by atoms with Crippen molar-refractivity contribution in [2.75, 3.05) is 12.4 Å². The van der Waals surface area contributed by atoms with Crippen molar-refractivity contribution in [2.45, 2.75) is 38.0 Å². The molecule has 1 aromatic carbocycles. The topological polar surface area (TPSA) is 64.1 Å². The van der Waals surface area contributed by atoms with Crippen molar-refractivity contribution in [3.05, 3.63) is 34.8 Å². The van der Waals surface area contributed by atoms with Crippen molar-refractivity contribution in [3.8, 4) is 5.75 Å². The lowest BCUT2D eigenvalue weighted by Gasteiger charge is -2.21. The van der Waals surface area contributed by atoms with E-state index in [4.69, 9.17) is 4.74 Å². The molecule has 1 aromatic heterocycles. The molecule has 0 spiro atoms. The van der Waals surface area contributed by atoms with E-state index in [9.17, 15) is 4.79 Å². The van der Waals surface area contributed by atoms with Gasteiger partial charge in [0.15, 0.2) is 0 Å². The second-order valence-electron chi connectivity index (χ2n) is 5.43. The largest absolute Gasteiger partial charge is 0.496 e. The minimum atomic E-state index is -0.0396. The highest BCUT2D eigenvalue weighted by Crippen LogP contribution is 2.38. The van der Waals surface area contributed by atoms with Crippen LogP contribution in [0.2, 0.25) is 0 Å². The van der Waals surface area contributed by atoms with E-state index in [-0.39, 0.29) is 5.91 Å². The predicted octanol–water partition coefficient (Wildman–Crippen LogP) is 3.39. The van der Waals surface area contributed by atoms with E-state index in [1.165, 1.54) is 30.6 Å². The maximum atomic E-state index is 12.0. The van der Waals surface area contributed by atoms with E-state index in [0.29, 0.717) is 23.9 Å². The Morgan fingerprint density at radius 2 is 2.18 bits per heavy atom. The smallest absolute Gasteiger partial charge is 0.226 e. The molecule has 22 heavy (non-hydrogen) atoms. The molecule has 1 aliphatic carbocycles. The Morgan fingerprint density at radius 3 is 2.91 bits per heavy atom. The van der Waals surface area contributed by atoms with Crippen LogP contribution in [0.15, 0.2) is 24.3 Å². The van der Waals surface area contributed by atoms with Gasteiger partial charge in [-0.3, -0.25) is 4.79 Å². The number of anilines is 1. The summed E-state index contributed by atoms with van der Waals surface area (Å²) in [6.07, 6.45) is 4.69. The fourth-order valence-electron chi connectivity index (χ4n) is 2.44. The van der Waals surface area contributed by atoms with Crippen LogP contribution in [0.1, 0.15) is 42.2 Å². The van der Waals surface area contributed by atoms with Gasteiger partial charge in [0.05, 0.1) is 7.11 Å². The minimum Gasteiger partial charge on any atom is -0.496 e. The highest BCUT2D eigenvalue weighted by atomic mass is 32.1. The average molecular weight is 317 g/mol. The first-order chi connectivity index (χ1) is 10.8. The summed E-state index contributed by atoms with van der Waals surface area (Å²) in [6.45, 7) is 0. The van der Waals surface area contributed by atoms with Gasteiger partial charge < -0.3 is 10.1 Å². The summed E-state index contributed by atoms with van der Waals surface area (Å²) in [5.41, 5.74) is 1.03. The quantitative estimate of drug-likeness (QED) is 0.887. The van der Waals surface area contributed by atoms with Gasteiger partial charge in [-0.1, -0.05) is 36.0 Å². The summed E-state index contributed by atoms with van der Waals surface area (Å²) in [5.74, 6) is 1.33. The number of aryl methyl sites for hydroxylation is 1. The van der Waals surface area contributed by atoms with Gasteiger partial charge in [-0.2, -0.15) is 0 Å². The number of aromatic nitrogens is 2. The van der Waals surface area contributed by atoms with Crippen LogP contribution in [0.4, 0.5) is 5.13 Å². The SMILES string of the molecule is COc1ccccc1CCC(=O)Nc1nnc(C2CCC2)s1. The molecule has 1 aliphatic rings. The number of nitrogens with one attached hydrogen (secondary N) is 1. The summed E-state index contributed by atoms with van der Waals surface area (Å²) in [7, 11) is 1.64. The zero-order chi connectivity index (χ0) is 15.4. The second-order valence-corrected chi connectivity index (χ2v) is 6.44. The lowest BCUT2D eigenvalue weighted by Crippen LogP contribution is -2.12. The van der Waals surface area contributed by atoms with E-state index in [0.717, 1.165) is 16.3 Å². The van der Waals surface area contributed by atoms with Crippen LogP contribution < -0.4 is 10.1 Å². The number of benzene rings is 1. The number of rotatable bonds is 6. The van der Waals surface area contributed by atoms with Crippen molar-refractivity contribution >= 4 is 22.4 Å². The molecular formula is C16H19N3O2S. The van der Waals surface area contributed by atoms with Crippen molar-refractivity contribution in [1.82, 2.24) is 10.2 Å². The molecule has 0 atom stereocenters. The van der Waals surface area contributed by atoms with Gasteiger partial charge in [-0.15, -0.1) is 10.2 Å². The summed E-state index contributed by atoms with van der Waals surface area (Å²) in [6, 6.07) is 7.76. The van der Waals surface area contributed by atoms with Crippen LogP contribution in [0, 0.1) is 0 Å². The van der Waals surface area contributed by atoms with Crippen LogP contribution in [-0.4, -0.2) is 23.2 Å². The van der Waals surface area contributed by atoms with Gasteiger partial charge in [-0.05, 0) is 30.9 Å². The zero-order valence-corrected chi connectivity index (χ0v) is 13.4. The average Bonchev–Trinajstić information content (AvgIpc) is 2.91. The summed E-state index contributed by atoms with van der Waals surface area (Å²) < 4.78 is 5.29. The molecule has 1 saturated carbocycles. The number of methoxy groups -OCH3 is 1. The molecule has 0 aliphatic heterocycles. The number of nitrogens with zero attached hydrogens (tertiary/aromatic N) is 2. The number of carbonyl (C=O) groups excluding carboxylic acids is 1. The summed E-state index contributed by atoms with van der Waals surface area (Å²) in [4.78, 5) is 12.0. The van der Waals surface area contributed by atoms with Crippen molar-refractivity contribution in [1.29, 1.82) is 0 Å². The van der Waals surface area contributed by atoms with Gasteiger partial charge in [0.25, 0.3) is 0 Å². The summed E-state index contributed by atoms with van der Waals surface area (Å²) in [5, 5.41) is 12.7. The van der Waals surface area contributed by atoms with Gasteiger partial charge in [0.1, 0.15) is 10.8 Å². The summed E-state index contributed by atoms with van der Waals surface area (Å²) >= 11 is 1.50. The fourth-order valence-corrected chi connectivity index (χ4v) is 3.37. The van der Waals surface area contributed by atoms with Crippen molar-refractivity contribution in [2.24, 2.45) is 0 Å². The van der Waals surface area contributed by atoms with Gasteiger partial charge in [0.2, 0.25) is 11.0 Å². The first-order valence-electron chi connectivity index (χ1n) is 7.51. The first kappa shape index (κ1) is 15.0. The molecule has 1 amide bonds. The molecule has 0 unspecified atom stereocenters. The van der Waals surface area contributed by atoms with Crippen molar-refractivity contribution in [3.63, 3.8) is 0 Å².